The molecule has 6 heteroatoms. The molecule has 0 radical (unpaired) electrons. The van der Waals surface area contributed by atoms with Crippen LogP contribution in [0.4, 0.5) is 4.79 Å². The Kier molecular flexibility index (Phi) is 4.55. The van der Waals surface area contributed by atoms with Gasteiger partial charge < -0.3 is 14.9 Å². The van der Waals surface area contributed by atoms with Crippen molar-refractivity contribution in [3.8, 4) is 0 Å². The Morgan fingerprint density at radius 2 is 2.15 bits per heavy atom. The third kappa shape index (κ3) is 3.94. The largest absolute Gasteiger partial charge is 0.481 e. The second-order valence-electron chi connectivity index (χ2n) is 5.03. The first-order chi connectivity index (χ1) is 9.58. The summed E-state index contributed by atoms with van der Waals surface area (Å²) in [5.74, 6) is -0.879. The molecule has 0 saturated heterocycles. The topological polar surface area (TPSA) is 73.7 Å². The monoisotopic (exact) mass is 277 g/mol. The quantitative estimate of drug-likeness (QED) is 0.856. The number of carboxylic acids is 1. The molecule has 0 atom stereocenters. The molecule has 1 aromatic heterocycles. The predicted molar refractivity (Wildman–Crippen MR) is 73.1 cm³/mol. The lowest BCUT2D eigenvalue weighted by atomic mass is 10.3. The molecule has 1 aromatic rings. The van der Waals surface area contributed by atoms with E-state index >= 15 is 0 Å². The number of carboxylic acid groups (broad SMARTS) is 1. The van der Waals surface area contributed by atoms with Crippen molar-refractivity contribution < 1.29 is 14.7 Å². The molecular formula is C14H19N3O3. The van der Waals surface area contributed by atoms with E-state index in [9.17, 15) is 9.59 Å². The van der Waals surface area contributed by atoms with Crippen LogP contribution in [0.3, 0.4) is 0 Å². The molecule has 20 heavy (non-hydrogen) atoms. The first kappa shape index (κ1) is 14.3. The second kappa shape index (κ2) is 6.36. The number of aliphatic carboxylic acids is 1. The maximum atomic E-state index is 12.4. The van der Waals surface area contributed by atoms with Gasteiger partial charge in [-0.15, -0.1) is 0 Å². The van der Waals surface area contributed by atoms with Crippen molar-refractivity contribution in [2.45, 2.75) is 31.8 Å². The maximum Gasteiger partial charge on any atom is 0.320 e. The van der Waals surface area contributed by atoms with E-state index in [1.807, 2.05) is 18.2 Å². The molecule has 1 aliphatic rings. The fraction of sp³-hybridized carbons (Fsp3) is 0.500. The Labute approximate surface area is 118 Å². The van der Waals surface area contributed by atoms with Crippen LogP contribution in [0.5, 0.6) is 0 Å². The summed E-state index contributed by atoms with van der Waals surface area (Å²) in [6, 6.07) is 5.65. The summed E-state index contributed by atoms with van der Waals surface area (Å²) in [4.78, 5) is 30.5. The number of carbonyl (C=O) groups excluding carboxylic acids is 1. The fourth-order valence-electron chi connectivity index (χ4n) is 2.06. The van der Waals surface area contributed by atoms with Gasteiger partial charge in [0.1, 0.15) is 0 Å². The molecule has 0 unspecified atom stereocenters. The van der Waals surface area contributed by atoms with Crippen LogP contribution in [0, 0.1) is 0 Å². The number of hydrogen-bond donors (Lipinski definition) is 1. The SMILES string of the molecule is CN(Cc1ccccn1)C(=O)N(CCC(=O)O)C1CC1. The molecule has 1 N–H and O–H groups in total. The molecule has 1 fully saturated rings. The van der Waals surface area contributed by atoms with Crippen LogP contribution in [0.1, 0.15) is 25.0 Å². The lowest BCUT2D eigenvalue weighted by Gasteiger charge is -2.27. The number of carbonyl (C=O) groups is 2. The highest BCUT2D eigenvalue weighted by Crippen LogP contribution is 2.28. The molecule has 1 aliphatic carbocycles. The average Bonchev–Trinajstić information content (AvgIpc) is 3.24. The number of rotatable bonds is 6. The van der Waals surface area contributed by atoms with E-state index in [0.717, 1.165) is 18.5 Å². The van der Waals surface area contributed by atoms with E-state index in [1.54, 1.807) is 23.0 Å². The van der Waals surface area contributed by atoms with Gasteiger partial charge in [0.25, 0.3) is 0 Å². The Morgan fingerprint density at radius 3 is 2.70 bits per heavy atom. The minimum absolute atomic E-state index is 0.0142. The summed E-state index contributed by atoms with van der Waals surface area (Å²) >= 11 is 0. The summed E-state index contributed by atoms with van der Waals surface area (Å²) < 4.78 is 0. The highest BCUT2D eigenvalue weighted by atomic mass is 16.4. The second-order valence-corrected chi connectivity index (χ2v) is 5.03. The molecule has 0 spiro atoms. The molecule has 0 aromatic carbocycles. The van der Waals surface area contributed by atoms with Gasteiger partial charge in [-0.25, -0.2) is 4.79 Å². The van der Waals surface area contributed by atoms with Crippen molar-refractivity contribution in [3.63, 3.8) is 0 Å². The molecule has 2 amide bonds. The van der Waals surface area contributed by atoms with E-state index in [4.69, 9.17) is 5.11 Å². The predicted octanol–water partition coefficient (Wildman–Crippen LogP) is 1.57. The van der Waals surface area contributed by atoms with Gasteiger partial charge in [-0.1, -0.05) is 6.07 Å². The molecule has 6 nitrogen and oxygen atoms in total. The number of aromatic nitrogens is 1. The zero-order chi connectivity index (χ0) is 14.5. The third-order valence-corrected chi connectivity index (χ3v) is 3.25. The highest BCUT2D eigenvalue weighted by molar-refractivity contribution is 5.76. The minimum Gasteiger partial charge on any atom is -0.481 e. The maximum absolute atomic E-state index is 12.4. The molecule has 0 aliphatic heterocycles. The number of pyridine rings is 1. The molecule has 2 rings (SSSR count). The summed E-state index contributed by atoms with van der Waals surface area (Å²) in [7, 11) is 1.72. The van der Waals surface area contributed by atoms with Crippen molar-refractivity contribution in [1.29, 1.82) is 0 Å². The van der Waals surface area contributed by atoms with E-state index < -0.39 is 5.97 Å². The number of hydrogen-bond acceptors (Lipinski definition) is 3. The van der Waals surface area contributed by atoms with Crippen LogP contribution in [-0.4, -0.2) is 51.5 Å². The first-order valence-corrected chi connectivity index (χ1v) is 6.71. The van der Waals surface area contributed by atoms with Gasteiger partial charge in [-0.05, 0) is 25.0 Å². The van der Waals surface area contributed by atoms with Crippen LogP contribution in [0.2, 0.25) is 0 Å². The van der Waals surface area contributed by atoms with Gasteiger partial charge in [0.15, 0.2) is 0 Å². The Bertz CT molecular complexity index is 474. The van der Waals surface area contributed by atoms with Crippen LogP contribution in [0.25, 0.3) is 0 Å². The molecule has 1 heterocycles. The fourth-order valence-corrected chi connectivity index (χ4v) is 2.06. The van der Waals surface area contributed by atoms with Crippen molar-refractivity contribution in [1.82, 2.24) is 14.8 Å². The van der Waals surface area contributed by atoms with E-state index in [2.05, 4.69) is 4.98 Å². The average molecular weight is 277 g/mol. The summed E-state index contributed by atoms with van der Waals surface area (Å²) in [5.41, 5.74) is 0.817. The molecule has 108 valence electrons. The Hall–Kier alpha value is -2.11. The normalized spacial score (nSPS) is 13.8. The summed E-state index contributed by atoms with van der Waals surface area (Å²) in [6.45, 7) is 0.696. The molecular weight excluding hydrogens is 258 g/mol. The van der Waals surface area contributed by atoms with Crippen molar-refractivity contribution in [2.24, 2.45) is 0 Å². The van der Waals surface area contributed by atoms with E-state index in [-0.39, 0.29) is 25.0 Å². The smallest absolute Gasteiger partial charge is 0.320 e. The number of nitrogens with zero attached hydrogens (tertiary/aromatic N) is 3. The van der Waals surface area contributed by atoms with Crippen LogP contribution in [0.15, 0.2) is 24.4 Å². The van der Waals surface area contributed by atoms with Crippen LogP contribution < -0.4 is 0 Å². The number of urea groups is 1. The van der Waals surface area contributed by atoms with Gasteiger partial charge in [0, 0.05) is 25.8 Å². The van der Waals surface area contributed by atoms with Crippen molar-refractivity contribution >= 4 is 12.0 Å². The first-order valence-electron chi connectivity index (χ1n) is 6.71. The van der Waals surface area contributed by atoms with Gasteiger partial charge in [-0.2, -0.15) is 0 Å². The van der Waals surface area contributed by atoms with E-state index in [1.165, 1.54) is 0 Å². The van der Waals surface area contributed by atoms with Crippen molar-refractivity contribution in [2.75, 3.05) is 13.6 Å². The minimum atomic E-state index is -0.879. The molecule has 1 saturated carbocycles. The summed E-state index contributed by atoms with van der Waals surface area (Å²) in [5, 5.41) is 8.76. The van der Waals surface area contributed by atoms with Gasteiger partial charge in [0.05, 0.1) is 18.7 Å². The standard InChI is InChI=1S/C14H19N3O3/c1-16(10-11-4-2-3-8-15-11)14(20)17(12-5-6-12)9-7-13(18)19/h2-4,8,12H,5-7,9-10H2,1H3,(H,18,19). The number of amides is 2. The lowest BCUT2D eigenvalue weighted by Crippen LogP contribution is -2.43. The zero-order valence-electron chi connectivity index (χ0n) is 11.5. The summed E-state index contributed by atoms with van der Waals surface area (Å²) in [6.07, 6.45) is 3.60. The zero-order valence-corrected chi connectivity index (χ0v) is 11.5. The highest BCUT2D eigenvalue weighted by Gasteiger charge is 2.34. The van der Waals surface area contributed by atoms with Crippen molar-refractivity contribution in [3.05, 3.63) is 30.1 Å². The van der Waals surface area contributed by atoms with Gasteiger partial charge in [-0.3, -0.25) is 9.78 Å². The Morgan fingerprint density at radius 1 is 1.40 bits per heavy atom. The van der Waals surface area contributed by atoms with Crippen LogP contribution in [-0.2, 0) is 11.3 Å². The van der Waals surface area contributed by atoms with Crippen LogP contribution >= 0.6 is 0 Å². The van der Waals surface area contributed by atoms with E-state index in [0.29, 0.717) is 6.54 Å². The van der Waals surface area contributed by atoms with Gasteiger partial charge >= 0.3 is 12.0 Å². The lowest BCUT2D eigenvalue weighted by molar-refractivity contribution is -0.137. The third-order valence-electron chi connectivity index (χ3n) is 3.25. The van der Waals surface area contributed by atoms with Gasteiger partial charge in [0.2, 0.25) is 0 Å². The Balaban J connectivity index is 1.94. The molecule has 0 bridgehead atoms.